The smallest absolute Gasteiger partial charge is 0.154 e. The van der Waals surface area contributed by atoms with Crippen molar-refractivity contribution in [1.82, 2.24) is 0 Å². The first-order chi connectivity index (χ1) is 6.22. The van der Waals surface area contributed by atoms with Crippen molar-refractivity contribution in [1.29, 1.82) is 5.41 Å². The highest BCUT2D eigenvalue weighted by Gasteiger charge is 2.17. The number of hydrogen-bond acceptors (Lipinski definition) is 3. The lowest BCUT2D eigenvalue weighted by atomic mass is 10.1. The Morgan fingerprint density at radius 3 is 2.85 bits per heavy atom. The van der Waals surface area contributed by atoms with Crippen molar-refractivity contribution in [2.24, 2.45) is 10.7 Å². The van der Waals surface area contributed by atoms with Crippen molar-refractivity contribution < 1.29 is 0 Å². The molecule has 0 spiro atoms. The Hall–Kier alpha value is -1.29. The Bertz CT molecular complexity index is 409. The Kier molecular flexibility index (Phi) is 1.84. The maximum atomic E-state index is 7.56. The summed E-state index contributed by atoms with van der Waals surface area (Å²) < 4.78 is 0. The van der Waals surface area contributed by atoms with Gasteiger partial charge in [0.1, 0.15) is 5.84 Å². The van der Waals surface area contributed by atoms with E-state index < -0.39 is 0 Å². The highest BCUT2D eigenvalue weighted by molar-refractivity contribution is 7.98. The van der Waals surface area contributed by atoms with Crippen LogP contribution in [0.3, 0.4) is 0 Å². The van der Waals surface area contributed by atoms with E-state index in [-0.39, 0.29) is 5.84 Å². The van der Waals surface area contributed by atoms with Gasteiger partial charge in [0.15, 0.2) is 5.84 Å². The average Bonchev–Trinajstić information content (AvgIpc) is 2.42. The Balaban J connectivity index is 2.58. The molecule has 0 saturated heterocycles. The van der Waals surface area contributed by atoms with Gasteiger partial charge in [-0.15, -0.1) is 11.8 Å². The zero-order valence-electron chi connectivity index (χ0n) is 7.16. The first kappa shape index (κ1) is 8.31. The van der Waals surface area contributed by atoms with Gasteiger partial charge in [0.25, 0.3) is 0 Å². The van der Waals surface area contributed by atoms with Gasteiger partial charge in [0, 0.05) is 16.0 Å². The number of thioether (sulfide) groups is 1. The van der Waals surface area contributed by atoms with E-state index in [1.165, 1.54) is 0 Å². The van der Waals surface area contributed by atoms with Gasteiger partial charge in [-0.1, -0.05) is 0 Å². The number of fused-ring (bicyclic) bond motifs is 1. The van der Waals surface area contributed by atoms with E-state index in [2.05, 4.69) is 4.99 Å². The zero-order chi connectivity index (χ0) is 9.42. The molecule has 0 fully saturated rings. The summed E-state index contributed by atoms with van der Waals surface area (Å²) in [4.78, 5) is 5.03. The van der Waals surface area contributed by atoms with E-state index in [0.29, 0.717) is 5.84 Å². The molecule has 0 bridgehead atoms. The number of rotatable bonds is 1. The molecule has 0 aromatic heterocycles. The first-order valence-electron chi connectivity index (χ1n) is 3.84. The van der Waals surface area contributed by atoms with Crippen molar-refractivity contribution in [3.63, 3.8) is 0 Å². The number of hydrogen-bond donors (Lipinski definition) is 2. The molecular weight excluding hydrogens is 182 g/mol. The van der Waals surface area contributed by atoms with Gasteiger partial charge in [0.05, 0.1) is 0 Å². The molecule has 1 aromatic rings. The summed E-state index contributed by atoms with van der Waals surface area (Å²) in [5.41, 5.74) is 7.35. The van der Waals surface area contributed by atoms with Crippen molar-refractivity contribution >= 4 is 23.4 Å². The molecule has 3 nitrogen and oxygen atoms in total. The number of nitrogens with two attached hydrogens (primary N) is 1. The van der Waals surface area contributed by atoms with Crippen molar-refractivity contribution in [2.45, 2.75) is 4.90 Å². The number of nitrogens with zero attached hydrogens (tertiary/aromatic N) is 1. The van der Waals surface area contributed by atoms with Gasteiger partial charge < -0.3 is 5.73 Å². The van der Waals surface area contributed by atoms with Gasteiger partial charge in [-0.3, -0.25) is 5.41 Å². The standard InChI is InChI=1S/C9H9N3S/c1-13-5-2-3-6-7(4-5)9(11)12-8(6)10/h2-4H,1H3,(H3,10,11,12). The highest BCUT2D eigenvalue weighted by Crippen LogP contribution is 2.23. The molecule has 0 unspecified atom stereocenters. The van der Waals surface area contributed by atoms with Crippen LogP contribution in [0, 0.1) is 5.41 Å². The van der Waals surface area contributed by atoms with Crippen LogP contribution in [0.5, 0.6) is 0 Å². The lowest BCUT2D eigenvalue weighted by Crippen LogP contribution is -2.09. The molecule has 2 rings (SSSR count). The van der Waals surface area contributed by atoms with Gasteiger partial charge >= 0.3 is 0 Å². The van der Waals surface area contributed by atoms with Crippen LogP contribution >= 0.6 is 11.8 Å². The molecule has 0 amide bonds. The van der Waals surface area contributed by atoms with E-state index in [1.54, 1.807) is 11.8 Å². The normalized spacial score (nSPS) is 14.2. The lowest BCUT2D eigenvalue weighted by molar-refractivity contribution is 1.40. The van der Waals surface area contributed by atoms with Crippen molar-refractivity contribution in [3.05, 3.63) is 29.3 Å². The van der Waals surface area contributed by atoms with Gasteiger partial charge in [-0.05, 0) is 24.5 Å². The largest absolute Gasteiger partial charge is 0.383 e. The summed E-state index contributed by atoms with van der Waals surface area (Å²) in [5, 5.41) is 7.56. The third-order valence-corrected chi connectivity index (χ3v) is 2.72. The summed E-state index contributed by atoms with van der Waals surface area (Å²) in [6.07, 6.45) is 2.00. The second-order valence-corrected chi connectivity index (χ2v) is 3.64. The van der Waals surface area contributed by atoms with Gasteiger partial charge in [-0.2, -0.15) is 0 Å². The van der Waals surface area contributed by atoms with Crippen LogP contribution in [0.15, 0.2) is 28.1 Å². The van der Waals surface area contributed by atoms with Crippen LogP contribution in [-0.4, -0.2) is 17.9 Å². The quantitative estimate of drug-likeness (QED) is 0.660. The molecule has 4 heteroatoms. The minimum absolute atomic E-state index is 0.267. The van der Waals surface area contributed by atoms with Crippen LogP contribution in [-0.2, 0) is 0 Å². The molecule has 1 aromatic carbocycles. The summed E-state index contributed by atoms with van der Waals surface area (Å²) >= 11 is 1.65. The summed E-state index contributed by atoms with van der Waals surface area (Å²) in [5.74, 6) is 0.719. The highest BCUT2D eigenvalue weighted by atomic mass is 32.2. The van der Waals surface area contributed by atoms with Crippen LogP contribution in [0.2, 0.25) is 0 Å². The van der Waals surface area contributed by atoms with E-state index in [0.717, 1.165) is 16.0 Å². The van der Waals surface area contributed by atoms with E-state index >= 15 is 0 Å². The second kappa shape index (κ2) is 2.88. The first-order valence-corrected chi connectivity index (χ1v) is 5.06. The maximum Gasteiger partial charge on any atom is 0.154 e. The lowest BCUT2D eigenvalue weighted by Gasteiger charge is -2.00. The number of amidine groups is 2. The van der Waals surface area contributed by atoms with E-state index in [9.17, 15) is 0 Å². The molecule has 1 aliphatic heterocycles. The molecule has 0 radical (unpaired) electrons. The van der Waals surface area contributed by atoms with Crippen molar-refractivity contribution in [3.8, 4) is 0 Å². The fourth-order valence-electron chi connectivity index (χ4n) is 1.31. The molecule has 1 heterocycles. The SMILES string of the molecule is CSc1ccc2c(c1)C(=N)N=C2N. The maximum absolute atomic E-state index is 7.56. The minimum atomic E-state index is 0.267. The minimum Gasteiger partial charge on any atom is -0.383 e. The van der Waals surface area contributed by atoms with Crippen LogP contribution in [0.1, 0.15) is 11.1 Å². The summed E-state index contributed by atoms with van der Waals surface area (Å²) in [7, 11) is 0. The fourth-order valence-corrected chi connectivity index (χ4v) is 1.75. The molecular formula is C9H9N3S. The fraction of sp³-hybridized carbons (Fsp3) is 0.111. The third-order valence-electron chi connectivity index (χ3n) is 1.99. The Morgan fingerprint density at radius 1 is 1.38 bits per heavy atom. The molecule has 1 aliphatic rings. The number of benzene rings is 1. The average molecular weight is 191 g/mol. The topological polar surface area (TPSA) is 62.2 Å². The van der Waals surface area contributed by atoms with Gasteiger partial charge in [-0.25, -0.2) is 4.99 Å². The molecule has 3 N–H and O–H groups in total. The number of nitrogens with one attached hydrogen (secondary N) is 1. The third kappa shape index (κ3) is 1.23. The van der Waals surface area contributed by atoms with Crippen LogP contribution < -0.4 is 5.73 Å². The molecule has 66 valence electrons. The molecule has 13 heavy (non-hydrogen) atoms. The van der Waals surface area contributed by atoms with E-state index in [1.807, 2.05) is 24.5 Å². The summed E-state index contributed by atoms with van der Waals surface area (Å²) in [6.45, 7) is 0. The monoisotopic (exact) mass is 191 g/mol. The number of aliphatic imine (C=N–C) groups is 1. The second-order valence-electron chi connectivity index (χ2n) is 2.76. The Morgan fingerprint density at radius 2 is 2.15 bits per heavy atom. The van der Waals surface area contributed by atoms with E-state index in [4.69, 9.17) is 11.1 Å². The molecule has 0 aliphatic carbocycles. The Labute approximate surface area is 80.6 Å². The summed E-state index contributed by atoms with van der Waals surface area (Å²) in [6, 6.07) is 5.86. The predicted octanol–water partition coefficient (Wildman–Crippen LogP) is 1.45. The predicted molar refractivity (Wildman–Crippen MR) is 55.8 cm³/mol. The van der Waals surface area contributed by atoms with Gasteiger partial charge in [0.2, 0.25) is 0 Å². The van der Waals surface area contributed by atoms with Crippen LogP contribution in [0.4, 0.5) is 0 Å². The van der Waals surface area contributed by atoms with Crippen molar-refractivity contribution in [2.75, 3.05) is 6.26 Å². The molecule has 0 atom stereocenters. The zero-order valence-corrected chi connectivity index (χ0v) is 7.98. The van der Waals surface area contributed by atoms with Crippen LogP contribution in [0.25, 0.3) is 0 Å². The molecule has 0 saturated carbocycles.